The molecule has 194 valence electrons. The maximum atomic E-state index is 13.4. The number of nitrogens with one attached hydrogen (secondary N) is 2. The highest BCUT2D eigenvalue weighted by Crippen LogP contribution is 2.37. The molecule has 0 unspecified atom stereocenters. The SMILES string of the molecule is O=C(NCCc1nc(N2CCC(c3ccccc3OC(F)(F)F)CC2)no1)c1cc2cc(F)ccc2[nH]1. The van der Waals surface area contributed by atoms with E-state index >= 15 is 0 Å². The quantitative estimate of drug-likeness (QED) is 0.337. The fraction of sp³-hybridized carbons (Fsp3) is 0.320. The Morgan fingerprint density at radius 3 is 2.73 bits per heavy atom. The van der Waals surface area contributed by atoms with Gasteiger partial charge in [0.15, 0.2) is 0 Å². The Kier molecular flexibility index (Phi) is 6.72. The molecule has 2 aromatic carbocycles. The fourth-order valence-electron chi connectivity index (χ4n) is 4.51. The van der Waals surface area contributed by atoms with E-state index in [1.165, 1.54) is 24.3 Å². The van der Waals surface area contributed by atoms with Gasteiger partial charge in [-0.3, -0.25) is 4.79 Å². The van der Waals surface area contributed by atoms with Crippen molar-refractivity contribution in [2.24, 2.45) is 0 Å². The van der Waals surface area contributed by atoms with E-state index in [4.69, 9.17) is 4.52 Å². The number of hydrogen-bond acceptors (Lipinski definition) is 6. The van der Waals surface area contributed by atoms with Crippen molar-refractivity contribution >= 4 is 22.8 Å². The summed E-state index contributed by atoms with van der Waals surface area (Å²) in [6, 6.07) is 12.0. The average Bonchev–Trinajstić information content (AvgIpc) is 3.50. The number of anilines is 1. The van der Waals surface area contributed by atoms with E-state index in [-0.39, 0.29) is 29.9 Å². The molecule has 1 fully saturated rings. The monoisotopic (exact) mass is 517 g/mol. The fourth-order valence-corrected chi connectivity index (χ4v) is 4.51. The molecule has 0 spiro atoms. The number of piperidine rings is 1. The zero-order valence-corrected chi connectivity index (χ0v) is 19.5. The van der Waals surface area contributed by atoms with E-state index in [0.29, 0.717) is 66.4 Å². The second-order valence-electron chi connectivity index (χ2n) is 8.76. The third-order valence-corrected chi connectivity index (χ3v) is 6.27. The average molecular weight is 517 g/mol. The van der Waals surface area contributed by atoms with Gasteiger partial charge >= 0.3 is 6.36 Å². The summed E-state index contributed by atoms with van der Waals surface area (Å²) in [4.78, 5) is 21.7. The third-order valence-electron chi connectivity index (χ3n) is 6.27. The number of nitrogens with zero attached hydrogens (tertiary/aromatic N) is 3. The normalized spacial score (nSPS) is 14.8. The number of aromatic amines is 1. The van der Waals surface area contributed by atoms with E-state index in [2.05, 4.69) is 25.2 Å². The maximum Gasteiger partial charge on any atom is 0.573 e. The molecule has 0 saturated carbocycles. The van der Waals surface area contributed by atoms with Gasteiger partial charge in [-0.05, 0) is 59.8 Å². The number of amides is 1. The molecule has 12 heteroatoms. The minimum Gasteiger partial charge on any atom is -0.405 e. The van der Waals surface area contributed by atoms with E-state index in [9.17, 15) is 22.4 Å². The highest BCUT2D eigenvalue weighted by molar-refractivity contribution is 5.97. The van der Waals surface area contributed by atoms with Crippen molar-refractivity contribution in [1.82, 2.24) is 20.4 Å². The van der Waals surface area contributed by atoms with E-state index in [1.54, 1.807) is 24.3 Å². The highest BCUT2D eigenvalue weighted by atomic mass is 19.4. The molecule has 4 aromatic rings. The second-order valence-corrected chi connectivity index (χ2v) is 8.76. The number of benzene rings is 2. The molecule has 0 bridgehead atoms. The summed E-state index contributed by atoms with van der Waals surface area (Å²) in [5.74, 6) is -0.227. The first-order chi connectivity index (χ1) is 17.7. The first-order valence-electron chi connectivity index (χ1n) is 11.7. The number of para-hydroxylation sites is 1. The van der Waals surface area contributed by atoms with Crippen molar-refractivity contribution in [3.8, 4) is 5.75 Å². The highest BCUT2D eigenvalue weighted by Gasteiger charge is 2.33. The third kappa shape index (κ3) is 5.84. The van der Waals surface area contributed by atoms with Crippen LogP contribution in [-0.2, 0) is 6.42 Å². The van der Waals surface area contributed by atoms with Gasteiger partial charge < -0.3 is 24.5 Å². The molecule has 37 heavy (non-hydrogen) atoms. The molecular formula is C25H23F4N5O3. The van der Waals surface area contributed by atoms with Crippen molar-refractivity contribution in [1.29, 1.82) is 0 Å². The largest absolute Gasteiger partial charge is 0.573 e. The standard InChI is InChI=1S/C25H23F4N5O3/c26-17-5-6-19-16(13-17)14-20(31-19)23(35)30-10-7-22-32-24(33-37-22)34-11-8-15(9-12-34)18-3-1-2-4-21(18)36-25(27,28)29/h1-6,13-15,31H,7-12H2,(H,30,35). The van der Waals surface area contributed by atoms with Gasteiger partial charge in [0, 0.05) is 37.0 Å². The second kappa shape index (κ2) is 10.1. The lowest BCUT2D eigenvalue weighted by Gasteiger charge is -2.31. The van der Waals surface area contributed by atoms with Crippen LogP contribution in [-0.4, -0.2) is 47.0 Å². The van der Waals surface area contributed by atoms with E-state index < -0.39 is 6.36 Å². The summed E-state index contributed by atoms with van der Waals surface area (Å²) >= 11 is 0. The summed E-state index contributed by atoms with van der Waals surface area (Å²) in [6.45, 7) is 1.34. The minimum atomic E-state index is -4.74. The van der Waals surface area contributed by atoms with Crippen molar-refractivity contribution in [2.45, 2.75) is 31.5 Å². The Bertz CT molecular complexity index is 1390. The van der Waals surface area contributed by atoms with Gasteiger partial charge in [0.2, 0.25) is 5.89 Å². The van der Waals surface area contributed by atoms with Crippen LogP contribution in [0.5, 0.6) is 5.75 Å². The minimum absolute atomic E-state index is 0.0856. The number of alkyl halides is 3. The summed E-state index contributed by atoms with van der Waals surface area (Å²) in [5, 5.41) is 7.37. The van der Waals surface area contributed by atoms with Crippen LogP contribution in [0, 0.1) is 5.82 Å². The number of carbonyl (C=O) groups excluding carboxylic acids is 1. The molecule has 1 amide bonds. The Hall–Kier alpha value is -4.09. The van der Waals surface area contributed by atoms with Gasteiger partial charge in [0.05, 0.1) is 0 Å². The van der Waals surface area contributed by atoms with Crippen LogP contribution < -0.4 is 15.0 Å². The molecule has 3 heterocycles. The van der Waals surface area contributed by atoms with E-state index in [1.807, 2.05) is 4.90 Å². The molecule has 2 aromatic heterocycles. The Labute approximate surface area is 208 Å². The van der Waals surface area contributed by atoms with Crippen LogP contribution in [0.15, 0.2) is 53.1 Å². The molecular weight excluding hydrogens is 494 g/mol. The summed E-state index contributed by atoms with van der Waals surface area (Å²) in [5.41, 5.74) is 1.51. The molecule has 8 nitrogen and oxygen atoms in total. The predicted molar refractivity (Wildman–Crippen MR) is 126 cm³/mol. The van der Waals surface area contributed by atoms with Crippen molar-refractivity contribution in [2.75, 3.05) is 24.5 Å². The Balaban J connectivity index is 1.12. The zero-order valence-electron chi connectivity index (χ0n) is 19.5. The summed E-state index contributed by atoms with van der Waals surface area (Å²) < 4.78 is 61.1. The zero-order chi connectivity index (χ0) is 26.0. The molecule has 2 N–H and O–H groups in total. The molecule has 1 aliphatic rings. The molecule has 0 aliphatic carbocycles. The topological polar surface area (TPSA) is 96.3 Å². The summed E-state index contributed by atoms with van der Waals surface area (Å²) in [7, 11) is 0. The van der Waals surface area contributed by atoms with Gasteiger partial charge in [-0.15, -0.1) is 13.2 Å². The molecule has 0 atom stereocenters. The van der Waals surface area contributed by atoms with Crippen LogP contribution in [0.2, 0.25) is 0 Å². The first kappa shape index (κ1) is 24.6. The van der Waals surface area contributed by atoms with E-state index in [0.717, 1.165) is 0 Å². The Morgan fingerprint density at radius 2 is 1.95 bits per heavy atom. The van der Waals surface area contributed by atoms with Crippen molar-refractivity contribution in [3.05, 3.63) is 71.5 Å². The van der Waals surface area contributed by atoms with Gasteiger partial charge in [0.25, 0.3) is 11.9 Å². The lowest BCUT2D eigenvalue weighted by molar-refractivity contribution is -0.275. The van der Waals surface area contributed by atoms with Crippen LogP contribution >= 0.6 is 0 Å². The number of fused-ring (bicyclic) bond motifs is 1. The Morgan fingerprint density at radius 1 is 1.16 bits per heavy atom. The van der Waals surface area contributed by atoms with Crippen LogP contribution in [0.3, 0.4) is 0 Å². The number of H-pyrrole nitrogens is 1. The molecule has 1 saturated heterocycles. The molecule has 0 radical (unpaired) electrons. The van der Waals surface area contributed by atoms with Crippen LogP contribution in [0.25, 0.3) is 10.9 Å². The predicted octanol–water partition coefficient (Wildman–Crippen LogP) is 4.95. The van der Waals surface area contributed by atoms with Gasteiger partial charge in [0.1, 0.15) is 17.3 Å². The summed E-state index contributed by atoms with van der Waals surface area (Å²) in [6.07, 6.45) is -3.22. The number of aromatic nitrogens is 3. The number of carbonyl (C=O) groups is 1. The van der Waals surface area contributed by atoms with Gasteiger partial charge in [-0.1, -0.05) is 18.2 Å². The lowest BCUT2D eigenvalue weighted by Crippen LogP contribution is -2.34. The van der Waals surface area contributed by atoms with Crippen LogP contribution in [0.1, 0.15) is 40.7 Å². The van der Waals surface area contributed by atoms with Crippen molar-refractivity contribution in [3.63, 3.8) is 0 Å². The van der Waals surface area contributed by atoms with Gasteiger partial charge in [-0.2, -0.15) is 4.98 Å². The van der Waals surface area contributed by atoms with Crippen molar-refractivity contribution < 1.29 is 31.6 Å². The van der Waals surface area contributed by atoms with Gasteiger partial charge in [-0.25, -0.2) is 4.39 Å². The molecule has 5 rings (SSSR count). The first-order valence-corrected chi connectivity index (χ1v) is 11.7. The lowest BCUT2D eigenvalue weighted by atomic mass is 9.89. The van der Waals surface area contributed by atoms with Crippen LogP contribution in [0.4, 0.5) is 23.5 Å². The number of rotatable bonds is 7. The molecule has 1 aliphatic heterocycles. The number of hydrogen-bond donors (Lipinski definition) is 2. The maximum absolute atomic E-state index is 13.4. The smallest absolute Gasteiger partial charge is 0.405 e. The number of ether oxygens (including phenoxy) is 1. The number of halogens is 4.